The maximum Gasteiger partial charge on any atom is 0.220 e. The Labute approximate surface area is 81.1 Å². The third kappa shape index (κ3) is 4.30. The number of carbonyl (C=O) groups is 1. The Morgan fingerprint density at radius 2 is 2.23 bits per heavy atom. The smallest absolute Gasteiger partial charge is 0.220 e. The lowest BCUT2D eigenvalue weighted by Crippen LogP contribution is -2.13. The average molecular weight is 183 g/mol. The quantitative estimate of drug-likeness (QED) is 0.651. The number of hydrogen-bond acceptors (Lipinski definition) is 1. The van der Waals surface area contributed by atoms with Crippen LogP contribution in [0.25, 0.3) is 0 Å². The number of amides is 1. The largest absolute Gasteiger partial charge is 0.356 e. The predicted octanol–water partition coefficient (Wildman–Crippen LogP) is 2.34. The van der Waals surface area contributed by atoms with Crippen molar-refractivity contribution in [2.75, 3.05) is 6.54 Å². The van der Waals surface area contributed by atoms with Crippen molar-refractivity contribution in [3.05, 3.63) is 0 Å². The zero-order chi connectivity index (χ0) is 9.68. The molecular formula is C11H21NO. The Morgan fingerprint density at radius 1 is 1.46 bits per heavy atom. The number of unbranched alkanes of at least 4 members (excludes halogenated alkanes) is 1. The molecular weight excluding hydrogens is 162 g/mol. The summed E-state index contributed by atoms with van der Waals surface area (Å²) in [6.45, 7) is 5.45. The third-order valence-electron chi connectivity index (χ3n) is 2.71. The van der Waals surface area contributed by atoms with Crippen LogP contribution in [0.5, 0.6) is 0 Å². The van der Waals surface area contributed by atoms with E-state index in [2.05, 4.69) is 19.2 Å². The fourth-order valence-corrected chi connectivity index (χ4v) is 1.85. The highest BCUT2D eigenvalue weighted by molar-refractivity contribution is 5.78. The lowest BCUT2D eigenvalue weighted by atomic mass is 9.98. The number of hydrogen-bond donors (Lipinski definition) is 1. The van der Waals surface area contributed by atoms with Crippen molar-refractivity contribution in [3.8, 4) is 0 Å². The van der Waals surface area contributed by atoms with Crippen LogP contribution in [0.2, 0.25) is 0 Å². The van der Waals surface area contributed by atoms with E-state index in [0.29, 0.717) is 5.92 Å². The van der Waals surface area contributed by atoms with Crippen LogP contribution in [-0.4, -0.2) is 12.5 Å². The average Bonchev–Trinajstić information content (AvgIpc) is 2.45. The van der Waals surface area contributed by atoms with Crippen molar-refractivity contribution in [1.29, 1.82) is 0 Å². The fraction of sp³-hybridized carbons (Fsp3) is 0.909. The zero-order valence-corrected chi connectivity index (χ0v) is 8.81. The van der Waals surface area contributed by atoms with E-state index in [0.717, 1.165) is 18.9 Å². The van der Waals surface area contributed by atoms with Crippen LogP contribution in [0.1, 0.15) is 46.0 Å². The summed E-state index contributed by atoms with van der Waals surface area (Å²) in [5.41, 5.74) is 0. The molecule has 2 nitrogen and oxygen atoms in total. The van der Waals surface area contributed by atoms with Crippen LogP contribution >= 0.6 is 0 Å². The summed E-state index contributed by atoms with van der Waals surface area (Å²) < 4.78 is 0. The van der Waals surface area contributed by atoms with Crippen molar-refractivity contribution < 1.29 is 4.79 Å². The monoisotopic (exact) mass is 183 g/mol. The molecule has 1 unspecified atom stereocenters. The van der Waals surface area contributed by atoms with Gasteiger partial charge >= 0.3 is 0 Å². The van der Waals surface area contributed by atoms with Gasteiger partial charge in [0, 0.05) is 13.0 Å². The molecule has 0 radical (unpaired) electrons. The first-order valence-electron chi connectivity index (χ1n) is 5.45. The summed E-state index contributed by atoms with van der Waals surface area (Å²) >= 11 is 0. The Kier molecular flexibility index (Phi) is 4.26. The van der Waals surface area contributed by atoms with Gasteiger partial charge in [0.1, 0.15) is 0 Å². The molecule has 0 bridgehead atoms. The van der Waals surface area contributed by atoms with Gasteiger partial charge in [-0.25, -0.2) is 0 Å². The van der Waals surface area contributed by atoms with E-state index in [1.54, 1.807) is 0 Å². The standard InChI is InChI=1S/C11H21NO/c1-9(2)5-3-4-6-10-7-11(13)12-8-10/h9-10H,3-8H2,1-2H3,(H,12,13). The van der Waals surface area contributed by atoms with E-state index < -0.39 is 0 Å². The molecule has 1 rings (SSSR count). The molecule has 1 aliphatic heterocycles. The molecule has 76 valence electrons. The Bertz CT molecular complexity index is 165. The summed E-state index contributed by atoms with van der Waals surface area (Å²) in [6, 6.07) is 0. The second-order valence-electron chi connectivity index (χ2n) is 4.55. The molecule has 0 saturated carbocycles. The molecule has 0 spiro atoms. The summed E-state index contributed by atoms with van der Waals surface area (Å²) in [5, 5.41) is 2.88. The van der Waals surface area contributed by atoms with Gasteiger partial charge in [0.25, 0.3) is 0 Å². The summed E-state index contributed by atoms with van der Waals surface area (Å²) in [6.07, 6.45) is 5.93. The van der Waals surface area contributed by atoms with Gasteiger partial charge < -0.3 is 5.32 Å². The molecule has 1 fully saturated rings. The topological polar surface area (TPSA) is 29.1 Å². The van der Waals surface area contributed by atoms with E-state index in [4.69, 9.17) is 0 Å². The molecule has 2 heteroatoms. The second kappa shape index (κ2) is 5.25. The first kappa shape index (κ1) is 10.6. The molecule has 1 saturated heterocycles. The van der Waals surface area contributed by atoms with Gasteiger partial charge in [-0.15, -0.1) is 0 Å². The number of carbonyl (C=O) groups excluding carboxylic acids is 1. The van der Waals surface area contributed by atoms with Crippen LogP contribution in [-0.2, 0) is 4.79 Å². The summed E-state index contributed by atoms with van der Waals surface area (Å²) in [4.78, 5) is 10.9. The lowest BCUT2D eigenvalue weighted by Gasteiger charge is -2.07. The molecule has 0 aromatic carbocycles. The molecule has 1 amide bonds. The molecule has 0 aromatic rings. The van der Waals surface area contributed by atoms with Crippen LogP contribution in [0.4, 0.5) is 0 Å². The van der Waals surface area contributed by atoms with Gasteiger partial charge in [0.2, 0.25) is 5.91 Å². The molecule has 13 heavy (non-hydrogen) atoms. The minimum absolute atomic E-state index is 0.244. The van der Waals surface area contributed by atoms with Crippen LogP contribution < -0.4 is 5.32 Å². The van der Waals surface area contributed by atoms with Crippen LogP contribution in [0.3, 0.4) is 0 Å². The van der Waals surface area contributed by atoms with E-state index in [9.17, 15) is 4.79 Å². The van der Waals surface area contributed by atoms with Gasteiger partial charge in [-0.3, -0.25) is 4.79 Å². The van der Waals surface area contributed by atoms with E-state index in [-0.39, 0.29) is 5.91 Å². The van der Waals surface area contributed by atoms with Crippen molar-refractivity contribution in [2.24, 2.45) is 11.8 Å². The van der Waals surface area contributed by atoms with Gasteiger partial charge in [0.15, 0.2) is 0 Å². The summed E-state index contributed by atoms with van der Waals surface area (Å²) in [5.74, 6) is 1.69. The SMILES string of the molecule is CC(C)CCCCC1CNC(=O)C1. The van der Waals surface area contributed by atoms with Crippen molar-refractivity contribution >= 4 is 5.91 Å². The highest BCUT2D eigenvalue weighted by Crippen LogP contribution is 2.18. The Hall–Kier alpha value is -0.530. The van der Waals surface area contributed by atoms with E-state index >= 15 is 0 Å². The molecule has 0 aliphatic carbocycles. The minimum Gasteiger partial charge on any atom is -0.356 e. The van der Waals surface area contributed by atoms with Gasteiger partial charge in [-0.2, -0.15) is 0 Å². The van der Waals surface area contributed by atoms with Crippen molar-refractivity contribution in [2.45, 2.75) is 46.0 Å². The molecule has 1 aliphatic rings. The van der Waals surface area contributed by atoms with E-state index in [1.165, 1.54) is 25.7 Å². The summed E-state index contributed by atoms with van der Waals surface area (Å²) in [7, 11) is 0. The van der Waals surface area contributed by atoms with Crippen LogP contribution in [0, 0.1) is 11.8 Å². The normalized spacial score (nSPS) is 22.4. The second-order valence-corrected chi connectivity index (χ2v) is 4.55. The Balaban J connectivity index is 1.97. The van der Waals surface area contributed by atoms with Gasteiger partial charge in [-0.1, -0.05) is 33.1 Å². The van der Waals surface area contributed by atoms with Crippen molar-refractivity contribution in [1.82, 2.24) is 5.32 Å². The maximum absolute atomic E-state index is 10.9. The first-order chi connectivity index (χ1) is 6.18. The lowest BCUT2D eigenvalue weighted by molar-refractivity contribution is -0.119. The third-order valence-corrected chi connectivity index (χ3v) is 2.71. The number of nitrogens with one attached hydrogen (secondary N) is 1. The molecule has 1 N–H and O–H groups in total. The molecule has 1 atom stereocenters. The number of rotatable bonds is 5. The first-order valence-corrected chi connectivity index (χ1v) is 5.45. The fourth-order valence-electron chi connectivity index (χ4n) is 1.85. The maximum atomic E-state index is 10.9. The van der Waals surface area contributed by atoms with Gasteiger partial charge in [0.05, 0.1) is 0 Å². The zero-order valence-electron chi connectivity index (χ0n) is 8.81. The predicted molar refractivity (Wildman–Crippen MR) is 54.4 cm³/mol. The van der Waals surface area contributed by atoms with Crippen LogP contribution in [0.15, 0.2) is 0 Å². The molecule has 0 aromatic heterocycles. The molecule has 1 heterocycles. The van der Waals surface area contributed by atoms with E-state index in [1.807, 2.05) is 0 Å². The highest BCUT2D eigenvalue weighted by Gasteiger charge is 2.20. The van der Waals surface area contributed by atoms with Crippen molar-refractivity contribution in [3.63, 3.8) is 0 Å². The van der Waals surface area contributed by atoms with Gasteiger partial charge in [-0.05, 0) is 18.3 Å². The minimum atomic E-state index is 0.244. The Morgan fingerprint density at radius 3 is 2.77 bits per heavy atom. The highest BCUT2D eigenvalue weighted by atomic mass is 16.1.